The summed E-state index contributed by atoms with van der Waals surface area (Å²) in [5.74, 6) is 0. The molecule has 10 nitrogen and oxygen atoms in total. The Morgan fingerprint density at radius 3 is 1.80 bits per heavy atom. The van der Waals surface area contributed by atoms with Crippen LogP contribution >= 0.6 is 0 Å². The van der Waals surface area contributed by atoms with Crippen molar-refractivity contribution in [2.75, 3.05) is 13.7 Å². The third-order valence-corrected chi connectivity index (χ3v) is 25.3. The molecule has 2 rings (SSSR count). The van der Waals surface area contributed by atoms with Gasteiger partial charge in [-0.05, 0) is 60.5 Å². The molecule has 0 bridgehead atoms. The Balaban J connectivity index is 3.14. The van der Waals surface area contributed by atoms with E-state index in [1.54, 1.807) is 0 Å². The van der Waals surface area contributed by atoms with E-state index in [2.05, 4.69) is 133 Å². The van der Waals surface area contributed by atoms with E-state index in [0.29, 0.717) is 4.57 Å². The van der Waals surface area contributed by atoms with Crippen LogP contribution in [0.5, 0.6) is 0 Å². The summed E-state index contributed by atoms with van der Waals surface area (Å²) in [6.07, 6.45) is -0.425. The molecule has 4 atom stereocenters. The zero-order chi connectivity index (χ0) is 38.4. The maximum Gasteiger partial charge on any atom is 0.425 e. The predicted octanol–water partition coefficient (Wildman–Crippen LogP) is 8.28. The molecule has 0 aromatic carbocycles. The topological polar surface area (TPSA) is 107 Å². The zero-order valence-corrected chi connectivity index (χ0v) is 37.9. The molecule has 14 heteroatoms. The van der Waals surface area contributed by atoms with Crippen LogP contribution in [0.25, 0.3) is 0 Å². The Morgan fingerprint density at radius 2 is 1.35 bits per heavy atom. The fourth-order valence-electron chi connectivity index (χ4n) is 4.46. The monoisotopic (exact) mass is 754 g/mol. The number of methoxy groups -OCH3 is 1. The molecule has 1 fully saturated rings. The first-order valence-electron chi connectivity index (χ1n) is 17.3. The number of ether oxygens (including phenoxy) is 2. The molecule has 0 saturated carbocycles. The van der Waals surface area contributed by atoms with Gasteiger partial charge in [-0.2, -0.15) is 4.57 Å². The lowest BCUT2D eigenvalue weighted by Gasteiger charge is -2.46. The Bertz CT molecular complexity index is 1530. The number of hydrogen-bond acceptors (Lipinski definition) is 8. The lowest BCUT2D eigenvalue weighted by molar-refractivity contribution is -0.0950. The van der Waals surface area contributed by atoms with Gasteiger partial charge in [-0.15, -0.1) is 5.73 Å². The summed E-state index contributed by atoms with van der Waals surface area (Å²) in [4.78, 5) is 39.6. The van der Waals surface area contributed by atoms with Crippen LogP contribution < -0.4 is 11.2 Å². The second kappa shape index (κ2) is 14.4. The number of hydrogen-bond donors (Lipinski definition) is 0. The van der Waals surface area contributed by atoms with Gasteiger partial charge in [0, 0.05) is 12.3 Å². The SMILES string of the molecule is COC(=O)n1c(=O)ccn([C@@H]2O[C@](C=C=C[Si](C)(C)C)(CO[Si](C)(C)C(C)(C)C)[C@@H](O[Si](C)(C)C(C)(C)C)[C@H]2O[Si](C)(C)C(C)(C)C)c1=O. The van der Waals surface area contributed by atoms with E-state index in [9.17, 15) is 14.4 Å². The molecule has 1 aliphatic rings. The fraction of sp³-hybridized carbons (Fsp3) is 0.771. The minimum atomic E-state index is -2.58. The van der Waals surface area contributed by atoms with Gasteiger partial charge < -0.3 is 22.8 Å². The fourth-order valence-corrected chi connectivity index (χ4v) is 8.66. The van der Waals surface area contributed by atoms with Crippen LogP contribution in [0.1, 0.15) is 68.5 Å². The molecule has 1 aromatic heterocycles. The molecular weight excluding hydrogens is 689 g/mol. The Labute approximate surface area is 299 Å². The summed E-state index contributed by atoms with van der Waals surface area (Å²) < 4.78 is 35.3. The molecule has 1 saturated heterocycles. The highest BCUT2D eigenvalue weighted by Crippen LogP contribution is 2.50. The van der Waals surface area contributed by atoms with Crippen molar-refractivity contribution in [3.63, 3.8) is 0 Å². The summed E-state index contributed by atoms with van der Waals surface area (Å²) in [7, 11) is -8.06. The average Bonchev–Trinajstić information content (AvgIpc) is 3.16. The van der Waals surface area contributed by atoms with Gasteiger partial charge in [-0.25, -0.2) is 9.59 Å². The Kier molecular flexibility index (Phi) is 12.8. The molecule has 0 amide bonds. The minimum absolute atomic E-state index is 0.0934. The number of nitrogens with zero attached hydrogens (tertiary/aromatic N) is 2. The molecule has 280 valence electrons. The van der Waals surface area contributed by atoms with Gasteiger partial charge in [0.2, 0.25) is 0 Å². The Hall–Kier alpha value is -1.62. The highest BCUT2D eigenvalue weighted by Gasteiger charge is 2.61. The van der Waals surface area contributed by atoms with Crippen LogP contribution in [0.15, 0.2) is 39.4 Å². The van der Waals surface area contributed by atoms with Crippen LogP contribution in [0.3, 0.4) is 0 Å². The maximum atomic E-state index is 14.1. The van der Waals surface area contributed by atoms with E-state index in [-0.39, 0.29) is 21.7 Å². The second-order valence-corrected chi connectivity index (χ2v) is 38.5. The van der Waals surface area contributed by atoms with Crippen LogP contribution in [0, 0.1) is 0 Å². The minimum Gasteiger partial charge on any atom is -0.452 e. The van der Waals surface area contributed by atoms with Gasteiger partial charge in [-0.1, -0.05) is 87.7 Å². The van der Waals surface area contributed by atoms with Gasteiger partial charge in [0.15, 0.2) is 31.2 Å². The summed E-state index contributed by atoms with van der Waals surface area (Å²) >= 11 is 0. The summed E-state index contributed by atoms with van der Waals surface area (Å²) in [5.41, 5.74) is 2.67. The molecule has 0 radical (unpaired) electrons. The van der Waals surface area contributed by atoms with Gasteiger partial charge in [0.1, 0.15) is 17.8 Å². The molecule has 0 N–H and O–H groups in total. The molecule has 1 aromatic rings. The van der Waals surface area contributed by atoms with Gasteiger partial charge in [-0.3, -0.25) is 9.36 Å². The van der Waals surface area contributed by atoms with Crippen molar-refractivity contribution in [3.05, 3.63) is 50.6 Å². The highest BCUT2D eigenvalue weighted by molar-refractivity contribution is 6.81. The normalized spacial score (nSPS) is 22.9. The number of aromatic nitrogens is 2. The molecule has 49 heavy (non-hydrogen) atoms. The molecule has 1 aliphatic heterocycles. The van der Waals surface area contributed by atoms with Crippen molar-refractivity contribution in [1.29, 1.82) is 0 Å². The third kappa shape index (κ3) is 9.83. The van der Waals surface area contributed by atoms with E-state index in [1.165, 1.54) is 16.8 Å². The highest BCUT2D eigenvalue weighted by atomic mass is 28.4. The van der Waals surface area contributed by atoms with Gasteiger partial charge in [0.25, 0.3) is 5.56 Å². The van der Waals surface area contributed by atoms with E-state index < -0.39 is 74.4 Å². The second-order valence-electron chi connectivity index (χ2n) is 19.1. The molecule has 2 heterocycles. The smallest absolute Gasteiger partial charge is 0.425 e. The van der Waals surface area contributed by atoms with Crippen LogP contribution in [-0.2, 0) is 22.8 Å². The summed E-state index contributed by atoms with van der Waals surface area (Å²) in [6, 6.07) is 1.17. The first-order valence-corrected chi connectivity index (χ1v) is 29.6. The van der Waals surface area contributed by atoms with E-state index >= 15 is 0 Å². The lowest BCUT2D eigenvalue weighted by Crippen LogP contribution is -2.58. The Morgan fingerprint density at radius 1 is 0.857 bits per heavy atom. The number of carbonyl (C=O) groups is 1. The van der Waals surface area contributed by atoms with Crippen LogP contribution in [-0.4, -0.2) is 79.8 Å². The van der Waals surface area contributed by atoms with Crippen molar-refractivity contribution in [1.82, 2.24) is 9.13 Å². The van der Waals surface area contributed by atoms with Crippen molar-refractivity contribution in [2.24, 2.45) is 0 Å². The van der Waals surface area contributed by atoms with Gasteiger partial charge in [0.05, 0.1) is 21.8 Å². The summed E-state index contributed by atoms with van der Waals surface area (Å²) in [6.45, 7) is 39.5. The van der Waals surface area contributed by atoms with Crippen LogP contribution in [0.2, 0.25) is 74.0 Å². The predicted molar refractivity (Wildman–Crippen MR) is 209 cm³/mol. The standard InChI is InChI=1S/C35H66N2O8Si4/c1-32(2,3)47(14,15)42-25-35(22-20-24-46(11,12)13)28(45-49(18,19)34(7,8)9)27(44-48(16,17)33(4,5)6)29(43-35)36-23-21-26(38)37(30(36)39)31(40)41-10/h21-24,27-29H,25H2,1-19H3/t20?,27-,28+,29-,35-/m1/s1. The molecule has 0 spiro atoms. The quantitative estimate of drug-likeness (QED) is 0.174. The summed E-state index contributed by atoms with van der Waals surface area (Å²) in [5, 5.41) is -0.472. The van der Waals surface area contributed by atoms with Crippen LogP contribution in [0.4, 0.5) is 4.79 Å². The molecule has 0 aliphatic carbocycles. The van der Waals surface area contributed by atoms with E-state index in [0.717, 1.165) is 7.11 Å². The number of carbonyl (C=O) groups excluding carboxylic acids is 1. The molecule has 0 unspecified atom stereocenters. The first kappa shape index (κ1) is 43.5. The maximum absolute atomic E-state index is 14.1. The van der Waals surface area contributed by atoms with Crippen molar-refractivity contribution in [2.45, 2.75) is 160 Å². The van der Waals surface area contributed by atoms with Crippen molar-refractivity contribution >= 4 is 39.1 Å². The largest absolute Gasteiger partial charge is 0.452 e. The lowest BCUT2D eigenvalue weighted by atomic mass is 9.96. The number of rotatable bonds is 10. The van der Waals surface area contributed by atoms with E-state index in [1.807, 2.05) is 6.08 Å². The third-order valence-electron chi connectivity index (χ3n) is 10.8. The van der Waals surface area contributed by atoms with E-state index in [4.69, 9.17) is 22.8 Å². The first-order chi connectivity index (χ1) is 21.7. The van der Waals surface area contributed by atoms with Crippen molar-refractivity contribution < 1.29 is 27.5 Å². The zero-order valence-electron chi connectivity index (χ0n) is 33.9. The van der Waals surface area contributed by atoms with Crippen molar-refractivity contribution in [3.8, 4) is 0 Å². The van der Waals surface area contributed by atoms with Gasteiger partial charge >= 0.3 is 11.8 Å². The average molecular weight is 755 g/mol. The molecular formula is C35H66N2O8Si4.